The fourth-order valence-corrected chi connectivity index (χ4v) is 3.37. The van der Waals surface area contributed by atoms with E-state index in [0.717, 1.165) is 6.42 Å². The van der Waals surface area contributed by atoms with Gasteiger partial charge >= 0.3 is 0 Å². The molecule has 0 aliphatic rings. The molecule has 0 spiro atoms. The Morgan fingerprint density at radius 2 is 2.21 bits per heavy atom. The Hall–Kier alpha value is -0.150. The Morgan fingerprint density at radius 3 is 2.64 bits per heavy atom. The first-order valence-corrected chi connectivity index (χ1v) is 6.29. The number of halogens is 1. The minimum atomic E-state index is 0.0687. The van der Waals surface area contributed by atoms with Crippen LogP contribution in [0.4, 0.5) is 0 Å². The van der Waals surface area contributed by atoms with Crippen LogP contribution in [0.3, 0.4) is 0 Å². The Morgan fingerprint density at radius 1 is 1.57 bits per heavy atom. The Bertz CT molecular complexity index is 328. The molecular weight excluding hydrogens is 260 g/mol. The van der Waals surface area contributed by atoms with Gasteiger partial charge in [0.2, 0.25) is 0 Å². The normalized spacial score (nSPS) is 11.7. The summed E-state index contributed by atoms with van der Waals surface area (Å²) < 4.78 is 1.17. The van der Waals surface area contributed by atoms with Crippen LogP contribution in [0.25, 0.3) is 0 Å². The predicted octanol–water partition coefficient (Wildman–Crippen LogP) is 4.06. The van der Waals surface area contributed by atoms with Crippen LogP contribution in [0.1, 0.15) is 32.1 Å². The molecule has 1 nitrogen and oxygen atoms in total. The largest absolute Gasteiger partial charge is 0.300 e. The van der Waals surface area contributed by atoms with E-state index in [-0.39, 0.29) is 11.2 Å². The van der Waals surface area contributed by atoms with Crippen LogP contribution in [0.15, 0.2) is 15.9 Å². The summed E-state index contributed by atoms with van der Waals surface area (Å²) in [5.41, 5.74) is 0.0687. The van der Waals surface area contributed by atoms with Gasteiger partial charge in [-0.05, 0) is 46.1 Å². The maximum absolute atomic E-state index is 11.1. The van der Waals surface area contributed by atoms with E-state index >= 15 is 0 Å². The second-order valence-corrected chi connectivity index (χ2v) is 6.27. The molecular formula is C11H15BrOS. The summed E-state index contributed by atoms with van der Waals surface area (Å²) in [5, 5.41) is 2.07. The number of hydrogen-bond donors (Lipinski definition) is 0. The van der Waals surface area contributed by atoms with Gasteiger partial charge in [-0.3, -0.25) is 0 Å². The topological polar surface area (TPSA) is 17.1 Å². The van der Waals surface area contributed by atoms with Crippen molar-refractivity contribution in [1.29, 1.82) is 0 Å². The quantitative estimate of drug-likeness (QED) is 0.810. The first-order chi connectivity index (χ1) is 6.41. The van der Waals surface area contributed by atoms with Crippen molar-refractivity contribution >= 4 is 33.0 Å². The molecule has 1 aromatic rings. The van der Waals surface area contributed by atoms with Crippen LogP contribution in [0, 0.1) is 5.41 Å². The fourth-order valence-electron chi connectivity index (χ4n) is 1.62. The van der Waals surface area contributed by atoms with Crippen LogP contribution in [-0.4, -0.2) is 5.78 Å². The summed E-state index contributed by atoms with van der Waals surface area (Å²) in [6.45, 7) is 5.94. The monoisotopic (exact) mass is 274 g/mol. The summed E-state index contributed by atoms with van der Waals surface area (Å²) in [6, 6.07) is 2.06. The van der Waals surface area contributed by atoms with E-state index in [0.29, 0.717) is 6.42 Å². The molecule has 1 heterocycles. The minimum Gasteiger partial charge on any atom is -0.300 e. The molecule has 0 N–H and O–H groups in total. The minimum absolute atomic E-state index is 0.0687. The zero-order valence-electron chi connectivity index (χ0n) is 8.76. The maximum atomic E-state index is 11.1. The van der Waals surface area contributed by atoms with E-state index in [2.05, 4.69) is 41.2 Å². The number of ketones is 1. The fraction of sp³-hybridized carbons (Fsp3) is 0.545. The summed E-state index contributed by atoms with van der Waals surface area (Å²) in [4.78, 5) is 12.4. The lowest BCUT2D eigenvalue weighted by Crippen LogP contribution is -2.18. The molecule has 1 aromatic heterocycles. The summed E-state index contributed by atoms with van der Waals surface area (Å²) >= 11 is 5.26. The Labute approximate surface area is 97.7 Å². The zero-order chi connectivity index (χ0) is 10.8. The van der Waals surface area contributed by atoms with Crippen molar-refractivity contribution in [3.05, 3.63) is 20.8 Å². The highest BCUT2D eigenvalue weighted by Crippen LogP contribution is 2.32. The van der Waals surface area contributed by atoms with E-state index in [1.807, 2.05) is 0 Å². The van der Waals surface area contributed by atoms with Gasteiger partial charge in [0.1, 0.15) is 5.78 Å². The van der Waals surface area contributed by atoms with Crippen molar-refractivity contribution in [2.75, 3.05) is 0 Å². The third-order valence-corrected chi connectivity index (χ3v) is 3.98. The van der Waals surface area contributed by atoms with Crippen LogP contribution in [0.5, 0.6) is 0 Å². The summed E-state index contributed by atoms with van der Waals surface area (Å²) in [5.74, 6) is 0.266. The van der Waals surface area contributed by atoms with Gasteiger partial charge in [0.05, 0.1) is 0 Å². The average molecular weight is 275 g/mol. The first-order valence-electron chi connectivity index (χ1n) is 4.62. The van der Waals surface area contributed by atoms with Gasteiger partial charge in [-0.15, -0.1) is 11.3 Å². The van der Waals surface area contributed by atoms with Crippen LogP contribution in [-0.2, 0) is 11.2 Å². The van der Waals surface area contributed by atoms with Crippen molar-refractivity contribution in [3.63, 3.8) is 0 Å². The average Bonchev–Trinajstić information content (AvgIpc) is 2.32. The second kappa shape index (κ2) is 4.58. The highest BCUT2D eigenvalue weighted by molar-refractivity contribution is 9.10. The number of hydrogen-bond acceptors (Lipinski definition) is 2. The number of thiophene rings is 1. The van der Waals surface area contributed by atoms with Crippen LogP contribution < -0.4 is 0 Å². The molecule has 78 valence electrons. The van der Waals surface area contributed by atoms with Crippen molar-refractivity contribution in [2.24, 2.45) is 5.41 Å². The molecule has 0 unspecified atom stereocenters. The molecule has 0 aliphatic carbocycles. The molecule has 0 amide bonds. The maximum Gasteiger partial charge on any atom is 0.130 e. The highest BCUT2D eigenvalue weighted by Gasteiger charge is 2.22. The molecule has 0 saturated carbocycles. The molecule has 0 radical (unpaired) electrons. The molecule has 0 aliphatic heterocycles. The van der Waals surface area contributed by atoms with Crippen molar-refractivity contribution in [1.82, 2.24) is 0 Å². The standard InChI is InChI=1S/C11H15BrOS/c1-8(13)6-11(2,3)7-10-9(12)4-5-14-10/h4-5H,6-7H2,1-3H3. The SMILES string of the molecule is CC(=O)CC(C)(C)Cc1sccc1Br. The van der Waals surface area contributed by atoms with E-state index in [1.54, 1.807) is 18.3 Å². The third kappa shape index (κ3) is 3.54. The molecule has 14 heavy (non-hydrogen) atoms. The van der Waals surface area contributed by atoms with E-state index < -0.39 is 0 Å². The van der Waals surface area contributed by atoms with Gasteiger partial charge < -0.3 is 4.79 Å². The van der Waals surface area contributed by atoms with Crippen molar-refractivity contribution in [3.8, 4) is 0 Å². The molecule has 3 heteroatoms. The van der Waals surface area contributed by atoms with Crippen LogP contribution in [0.2, 0.25) is 0 Å². The van der Waals surface area contributed by atoms with Gasteiger partial charge in [-0.1, -0.05) is 13.8 Å². The number of Topliss-reactive ketones (excluding diaryl/α,β-unsaturated/α-hetero) is 1. The summed E-state index contributed by atoms with van der Waals surface area (Å²) in [7, 11) is 0. The summed E-state index contributed by atoms with van der Waals surface area (Å²) in [6.07, 6.45) is 1.61. The first kappa shape index (κ1) is 11.9. The lowest BCUT2D eigenvalue weighted by Gasteiger charge is -2.22. The van der Waals surface area contributed by atoms with Gasteiger partial charge in [0.15, 0.2) is 0 Å². The number of carbonyl (C=O) groups excluding carboxylic acids is 1. The zero-order valence-corrected chi connectivity index (χ0v) is 11.2. The third-order valence-electron chi connectivity index (χ3n) is 2.06. The van der Waals surface area contributed by atoms with Gasteiger partial charge in [0.25, 0.3) is 0 Å². The van der Waals surface area contributed by atoms with Crippen molar-refractivity contribution < 1.29 is 4.79 Å². The Kier molecular flexibility index (Phi) is 3.90. The van der Waals surface area contributed by atoms with E-state index in [4.69, 9.17) is 0 Å². The molecule has 0 atom stereocenters. The number of carbonyl (C=O) groups is 1. The van der Waals surface area contributed by atoms with E-state index in [1.165, 1.54) is 9.35 Å². The number of rotatable bonds is 4. The predicted molar refractivity (Wildman–Crippen MR) is 64.8 cm³/mol. The molecule has 0 aromatic carbocycles. The van der Waals surface area contributed by atoms with Gasteiger partial charge in [-0.25, -0.2) is 0 Å². The van der Waals surface area contributed by atoms with Crippen LogP contribution >= 0.6 is 27.3 Å². The second-order valence-electron chi connectivity index (χ2n) is 4.41. The molecule has 0 saturated heterocycles. The molecule has 1 rings (SSSR count). The van der Waals surface area contributed by atoms with Gasteiger partial charge in [0, 0.05) is 15.8 Å². The lowest BCUT2D eigenvalue weighted by molar-refractivity contribution is -0.118. The Balaban J connectivity index is 2.68. The highest BCUT2D eigenvalue weighted by atomic mass is 79.9. The molecule has 0 fully saturated rings. The lowest BCUT2D eigenvalue weighted by atomic mass is 9.84. The van der Waals surface area contributed by atoms with E-state index in [9.17, 15) is 4.79 Å². The van der Waals surface area contributed by atoms with Crippen molar-refractivity contribution in [2.45, 2.75) is 33.6 Å². The molecule has 0 bridgehead atoms. The smallest absolute Gasteiger partial charge is 0.130 e. The van der Waals surface area contributed by atoms with Gasteiger partial charge in [-0.2, -0.15) is 0 Å².